The summed E-state index contributed by atoms with van der Waals surface area (Å²) in [6.45, 7) is 6.06. The van der Waals surface area contributed by atoms with E-state index in [1.165, 1.54) is 17.5 Å². The number of rotatable bonds is 5. The van der Waals surface area contributed by atoms with Crippen LogP contribution in [0.3, 0.4) is 0 Å². The largest absolute Gasteiger partial charge is 0.477 e. The third-order valence-electron chi connectivity index (χ3n) is 4.46. The normalized spacial score (nSPS) is 19.1. The lowest BCUT2D eigenvalue weighted by molar-refractivity contribution is 0.0703. The van der Waals surface area contributed by atoms with Gasteiger partial charge in [-0.1, -0.05) is 11.8 Å². The van der Waals surface area contributed by atoms with Crippen molar-refractivity contribution in [3.63, 3.8) is 0 Å². The van der Waals surface area contributed by atoms with Gasteiger partial charge in [0.25, 0.3) is 0 Å². The highest BCUT2D eigenvalue weighted by atomic mass is 32.1. The standard InChI is InChI=1S/C21H25N3O4S/c1-21(2,3)10-8-15-12-16(18(29-15)19(25)26)23-13-4-6-14(7-5-13)28-17-9-11-22-20(27)24-17/h9,11-14,23H,4-7H2,1-3H3,(H,25,26)(H,22,24,27). The van der Waals surface area contributed by atoms with Gasteiger partial charge in [0.2, 0.25) is 0 Å². The van der Waals surface area contributed by atoms with Crippen LogP contribution in [-0.2, 0) is 0 Å². The van der Waals surface area contributed by atoms with Crippen molar-refractivity contribution in [2.45, 2.75) is 58.6 Å². The van der Waals surface area contributed by atoms with Gasteiger partial charge in [-0.2, -0.15) is 0 Å². The molecule has 0 aliphatic heterocycles. The Morgan fingerprint density at radius 3 is 2.69 bits per heavy atom. The van der Waals surface area contributed by atoms with Gasteiger partial charge in [-0.15, -0.1) is 11.3 Å². The van der Waals surface area contributed by atoms with Crippen LogP contribution < -0.4 is 15.7 Å². The lowest BCUT2D eigenvalue weighted by atomic mass is 9.92. The molecule has 0 bridgehead atoms. The Morgan fingerprint density at radius 1 is 1.34 bits per heavy atom. The summed E-state index contributed by atoms with van der Waals surface area (Å²) in [5, 5.41) is 12.9. The van der Waals surface area contributed by atoms with Gasteiger partial charge in [-0.3, -0.25) is 4.98 Å². The minimum Gasteiger partial charge on any atom is -0.477 e. The zero-order valence-corrected chi connectivity index (χ0v) is 17.6. The van der Waals surface area contributed by atoms with Gasteiger partial charge in [0.15, 0.2) is 5.88 Å². The van der Waals surface area contributed by atoms with Crippen molar-refractivity contribution in [2.75, 3.05) is 5.32 Å². The first-order valence-corrected chi connectivity index (χ1v) is 10.4. The van der Waals surface area contributed by atoms with Crippen LogP contribution in [0.4, 0.5) is 5.69 Å². The van der Waals surface area contributed by atoms with E-state index >= 15 is 0 Å². The maximum absolute atomic E-state index is 11.6. The number of carbonyl (C=O) groups is 1. The number of hydrogen-bond donors (Lipinski definition) is 3. The predicted octanol–water partition coefficient (Wildman–Crippen LogP) is 3.73. The number of nitrogens with one attached hydrogen (secondary N) is 2. The fourth-order valence-corrected chi connectivity index (χ4v) is 3.93. The number of H-pyrrole nitrogens is 1. The molecule has 7 nitrogen and oxygen atoms in total. The zero-order valence-electron chi connectivity index (χ0n) is 16.7. The first-order valence-electron chi connectivity index (χ1n) is 9.58. The number of aromatic nitrogens is 2. The molecule has 0 saturated heterocycles. The first-order chi connectivity index (χ1) is 13.7. The average Bonchev–Trinajstić information content (AvgIpc) is 3.04. The fraction of sp³-hybridized carbons (Fsp3) is 0.476. The van der Waals surface area contributed by atoms with Gasteiger partial charge in [-0.25, -0.2) is 14.6 Å². The molecule has 1 fully saturated rings. The maximum Gasteiger partial charge on any atom is 0.348 e. The second kappa shape index (κ2) is 8.70. The molecule has 154 valence electrons. The summed E-state index contributed by atoms with van der Waals surface area (Å²) in [5.41, 5.74) is 0.0590. The number of anilines is 1. The Labute approximate surface area is 173 Å². The molecule has 0 aromatic carbocycles. The van der Waals surface area contributed by atoms with Crippen LogP contribution in [0.1, 0.15) is 61.0 Å². The smallest absolute Gasteiger partial charge is 0.348 e. The van der Waals surface area contributed by atoms with Crippen LogP contribution >= 0.6 is 11.3 Å². The summed E-state index contributed by atoms with van der Waals surface area (Å²) < 4.78 is 5.83. The molecule has 0 atom stereocenters. The topological polar surface area (TPSA) is 104 Å². The number of hydrogen-bond acceptors (Lipinski definition) is 6. The van der Waals surface area contributed by atoms with E-state index in [9.17, 15) is 14.7 Å². The lowest BCUT2D eigenvalue weighted by Gasteiger charge is -2.29. The van der Waals surface area contributed by atoms with Gasteiger partial charge in [0, 0.05) is 23.7 Å². The quantitative estimate of drug-likeness (QED) is 0.643. The number of aromatic carboxylic acids is 1. The van der Waals surface area contributed by atoms with Crippen LogP contribution in [0.2, 0.25) is 0 Å². The zero-order chi connectivity index (χ0) is 21.0. The van der Waals surface area contributed by atoms with Crippen molar-refractivity contribution in [1.29, 1.82) is 0 Å². The number of thiophene rings is 1. The average molecular weight is 416 g/mol. The van der Waals surface area contributed by atoms with Gasteiger partial charge in [0.05, 0.1) is 10.6 Å². The Bertz CT molecular complexity index is 986. The SMILES string of the molecule is CC(C)(C)C#Cc1cc(NC2CCC(Oc3ccnc(=O)[nH]3)CC2)c(C(=O)O)s1. The number of ether oxygens (including phenoxy) is 1. The first kappa shape index (κ1) is 20.9. The lowest BCUT2D eigenvalue weighted by Crippen LogP contribution is -2.32. The predicted molar refractivity (Wildman–Crippen MR) is 113 cm³/mol. The summed E-state index contributed by atoms with van der Waals surface area (Å²) in [6.07, 6.45) is 4.75. The Kier molecular flexibility index (Phi) is 6.28. The minimum atomic E-state index is -0.944. The third kappa shape index (κ3) is 6.09. The molecule has 2 aromatic heterocycles. The Balaban J connectivity index is 1.62. The van der Waals surface area contributed by atoms with Crippen molar-refractivity contribution >= 4 is 23.0 Å². The Morgan fingerprint density at radius 2 is 2.07 bits per heavy atom. The molecule has 1 aliphatic carbocycles. The highest BCUT2D eigenvalue weighted by molar-refractivity contribution is 7.15. The van der Waals surface area contributed by atoms with E-state index in [2.05, 4.69) is 27.1 Å². The molecule has 29 heavy (non-hydrogen) atoms. The maximum atomic E-state index is 11.6. The van der Waals surface area contributed by atoms with Crippen molar-refractivity contribution < 1.29 is 14.6 Å². The molecule has 3 N–H and O–H groups in total. The fourth-order valence-electron chi connectivity index (χ4n) is 3.11. The number of aromatic amines is 1. The van der Waals surface area contributed by atoms with Crippen LogP contribution in [0.25, 0.3) is 0 Å². The molecule has 1 saturated carbocycles. The van der Waals surface area contributed by atoms with Gasteiger partial charge < -0.3 is 15.2 Å². The van der Waals surface area contributed by atoms with E-state index in [-0.39, 0.29) is 22.4 Å². The van der Waals surface area contributed by atoms with E-state index in [0.29, 0.717) is 11.6 Å². The third-order valence-corrected chi connectivity index (χ3v) is 5.50. The Hall–Kier alpha value is -2.79. The van der Waals surface area contributed by atoms with Crippen molar-refractivity contribution in [3.8, 4) is 17.7 Å². The highest BCUT2D eigenvalue weighted by Crippen LogP contribution is 2.31. The minimum absolute atomic E-state index is 0.0146. The van der Waals surface area contributed by atoms with Crippen molar-refractivity contribution in [1.82, 2.24) is 9.97 Å². The van der Waals surface area contributed by atoms with Crippen molar-refractivity contribution in [2.24, 2.45) is 5.41 Å². The molecular formula is C21H25N3O4S. The second-order valence-corrected chi connectivity index (χ2v) is 9.19. The summed E-state index contributed by atoms with van der Waals surface area (Å²) in [4.78, 5) is 30.1. The summed E-state index contributed by atoms with van der Waals surface area (Å²) in [6, 6.07) is 3.63. The molecule has 0 radical (unpaired) electrons. The van der Waals surface area contributed by atoms with Crippen LogP contribution in [0, 0.1) is 17.3 Å². The molecule has 8 heteroatoms. The molecular weight excluding hydrogens is 390 g/mol. The van der Waals surface area contributed by atoms with Crippen LogP contribution in [0.15, 0.2) is 23.1 Å². The van der Waals surface area contributed by atoms with E-state index < -0.39 is 11.7 Å². The molecule has 3 rings (SSSR count). The molecule has 0 amide bonds. The second-order valence-electron chi connectivity index (χ2n) is 8.13. The van der Waals surface area contributed by atoms with Gasteiger partial charge >= 0.3 is 11.7 Å². The summed E-state index contributed by atoms with van der Waals surface area (Å²) in [7, 11) is 0. The van der Waals surface area contributed by atoms with E-state index in [1.807, 2.05) is 26.8 Å². The van der Waals surface area contributed by atoms with E-state index in [0.717, 1.165) is 30.6 Å². The highest BCUT2D eigenvalue weighted by Gasteiger charge is 2.25. The number of carboxylic acid groups (broad SMARTS) is 1. The van der Waals surface area contributed by atoms with Gasteiger partial charge in [0.1, 0.15) is 11.0 Å². The summed E-state index contributed by atoms with van der Waals surface area (Å²) >= 11 is 1.20. The van der Waals surface area contributed by atoms with Crippen LogP contribution in [-0.4, -0.2) is 33.2 Å². The number of nitrogens with zero attached hydrogens (tertiary/aromatic N) is 1. The monoisotopic (exact) mass is 415 g/mol. The molecule has 2 aromatic rings. The number of carboxylic acids is 1. The molecule has 1 aliphatic rings. The molecule has 2 heterocycles. The van der Waals surface area contributed by atoms with E-state index in [1.54, 1.807) is 6.07 Å². The van der Waals surface area contributed by atoms with Crippen molar-refractivity contribution in [3.05, 3.63) is 38.6 Å². The summed E-state index contributed by atoms with van der Waals surface area (Å²) in [5.74, 6) is 5.72. The van der Waals surface area contributed by atoms with E-state index in [4.69, 9.17) is 4.74 Å². The van der Waals surface area contributed by atoms with Crippen LogP contribution in [0.5, 0.6) is 5.88 Å². The molecule has 0 spiro atoms. The molecule has 0 unspecified atom stereocenters. The van der Waals surface area contributed by atoms with Gasteiger partial charge in [-0.05, 0) is 52.5 Å².